The van der Waals surface area contributed by atoms with E-state index in [4.69, 9.17) is 13.9 Å². The molecular weight excluding hydrogens is 723 g/mol. The van der Waals surface area contributed by atoms with Gasteiger partial charge in [0, 0.05) is 57.3 Å². The number of hydrogen-bond acceptors (Lipinski definition) is 5. The zero-order chi connectivity index (χ0) is 39.9. The lowest BCUT2D eigenvalue weighted by Gasteiger charge is -2.36. The molecule has 11 rings (SSSR count). The van der Waals surface area contributed by atoms with Gasteiger partial charge in [0.1, 0.15) is 34.2 Å². The highest BCUT2D eigenvalue weighted by Crippen LogP contribution is 2.48. The summed E-state index contributed by atoms with van der Waals surface area (Å²) in [5, 5.41) is 2.09. The summed E-state index contributed by atoms with van der Waals surface area (Å²) in [5.41, 5.74) is 16.8. The van der Waals surface area contributed by atoms with Crippen LogP contribution in [0.1, 0.15) is 27.8 Å². The minimum absolute atomic E-state index is 0.210. The van der Waals surface area contributed by atoms with E-state index in [0.29, 0.717) is 0 Å². The first-order chi connectivity index (χ1) is 28.8. The molecule has 0 bridgehead atoms. The second kappa shape index (κ2) is 13.5. The Morgan fingerprint density at radius 2 is 0.881 bits per heavy atom. The lowest BCUT2D eigenvalue weighted by Crippen LogP contribution is -2.57. The minimum Gasteiger partial charge on any atom is -0.458 e. The van der Waals surface area contributed by atoms with Crippen molar-refractivity contribution < 1.29 is 13.9 Å². The van der Waals surface area contributed by atoms with Crippen LogP contribution in [0.15, 0.2) is 162 Å². The Morgan fingerprint density at radius 1 is 0.407 bits per heavy atom. The largest absolute Gasteiger partial charge is 0.458 e. The molecule has 0 N–H and O–H groups in total. The second-order valence-corrected chi connectivity index (χ2v) is 16.2. The lowest BCUT2D eigenvalue weighted by molar-refractivity contribution is 0.464. The van der Waals surface area contributed by atoms with Crippen LogP contribution in [0.4, 0.5) is 34.1 Å². The molecule has 2 aliphatic heterocycles. The van der Waals surface area contributed by atoms with Crippen molar-refractivity contribution in [1.82, 2.24) is 0 Å². The first-order valence-corrected chi connectivity index (χ1v) is 20.3. The number of rotatable bonds is 6. The number of nitrogens with zero attached hydrogens (tertiary/aromatic N) is 2. The molecule has 0 unspecified atom stereocenters. The van der Waals surface area contributed by atoms with Gasteiger partial charge in [0.15, 0.2) is 0 Å². The Labute approximate surface area is 344 Å². The summed E-state index contributed by atoms with van der Waals surface area (Å²) in [6.45, 7) is 10.4. The van der Waals surface area contributed by atoms with E-state index >= 15 is 0 Å². The Kier molecular flexibility index (Phi) is 7.99. The van der Waals surface area contributed by atoms with Gasteiger partial charge in [0.05, 0.1) is 16.8 Å². The Balaban J connectivity index is 1.20. The van der Waals surface area contributed by atoms with Gasteiger partial charge in [-0.2, -0.15) is 0 Å². The number of fused-ring (bicyclic) bond motifs is 8. The van der Waals surface area contributed by atoms with Crippen molar-refractivity contribution in [3.63, 3.8) is 0 Å². The molecule has 284 valence electrons. The van der Waals surface area contributed by atoms with Gasteiger partial charge in [0.25, 0.3) is 6.71 Å². The molecule has 5 nitrogen and oxygen atoms in total. The van der Waals surface area contributed by atoms with E-state index in [0.717, 1.165) is 101 Å². The number of furan rings is 1. The quantitative estimate of drug-likeness (QED) is 0.158. The second-order valence-electron chi connectivity index (χ2n) is 16.2. The first kappa shape index (κ1) is 35.0. The topological polar surface area (TPSA) is 38.1 Å². The standard InChI is InChI=1S/C53H41BN2O3/c1-32-10-19-37(20-11-32)55(38-21-12-33(2)13-22-38)41-29-47-51-48(30-41)58-49-31-44(56(39-23-14-34(3)15-24-39)40-25-16-35(4)17-26-40)50-42-8-6-7-9-45(42)59-53(50)52(49)54(51)43-28-36(5)18-27-46(43)57-47/h6-31H,1-5H3. The number of anilines is 6. The number of ether oxygens (including phenoxy) is 2. The fourth-order valence-electron chi connectivity index (χ4n) is 8.91. The van der Waals surface area contributed by atoms with Crippen LogP contribution in [-0.2, 0) is 0 Å². The zero-order valence-corrected chi connectivity index (χ0v) is 33.7. The average Bonchev–Trinajstić information content (AvgIpc) is 3.64. The molecule has 0 fully saturated rings. The lowest BCUT2D eigenvalue weighted by atomic mass is 9.34. The third-order valence-electron chi connectivity index (χ3n) is 11.9. The van der Waals surface area contributed by atoms with E-state index in [1.165, 1.54) is 22.3 Å². The summed E-state index contributed by atoms with van der Waals surface area (Å²) in [5.74, 6) is 3.10. The molecular formula is C53H41BN2O3. The average molecular weight is 765 g/mol. The van der Waals surface area contributed by atoms with Crippen LogP contribution in [-0.4, -0.2) is 6.71 Å². The Bertz CT molecular complexity index is 3010. The van der Waals surface area contributed by atoms with Crippen LogP contribution in [0.3, 0.4) is 0 Å². The number of para-hydroxylation sites is 1. The molecule has 1 aromatic heterocycles. The van der Waals surface area contributed by atoms with E-state index in [1.54, 1.807) is 0 Å². The third kappa shape index (κ3) is 5.78. The van der Waals surface area contributed by atoms with Gasteiger partial charge in [-0.3, -0.25) is 0 Å². The maximum absolute atomic E-state index is 7.28. The SMILES string of the molecule is Cc1ccc(N(c2ccc(C)cc2)c2cc3c4c(c2)Oc2cc(N(c5ccc(C)cc5)c5ccc(C)cc5)c5c(oc6ccccc65)c2B4c2cc(C)ccc2O3)cc1. The summed E-state index contributed by atoms with van der Waals surface area (Å²) < 4.78 is 21.2. The predicted molar refractivity (Wildman–Crippen MR) is 244 cm³/mol. The van der Waals surface area contributed by atoms with E-state index < -0.39 is 0 Å². The molecule has 0 amide bonds. The first-order valence-electron chi connectivity index (χ1n) is 20.3. The van der Waals surface area contributed by atoms with Crippen molar-refractivity contribution >= 4 is 79.2 Å². The van der Waals surface area contributed by atoms with Gasteiger partial charge in [-0.25, -0.2) is 0 Å². The van der Waals surface area contributed by atoms with Crippen molar-refractivity contribution in [3.8, 4) is 23.0 Å². The van der Waals surface area contributed by atoms with Crippen LogP contribution >= 0.6 is 0 Å². The molecule has 0 spiro atoms. The van der Waals surface area contributed by atoms with Crippen LogP contribution in [0.2, 0.25) is 0 Å². The molecule has 0 saturated heterocycles. The highest BCUT2D eigenvalue weighted by molar-refractivity contribution is 6.99. The van der Waals surface area contributed by atoms with Gasteiger partial charge in [-0.15, -0.1) is 0 Å². The fraction of sp³-hybridized carbons (Fsp3) is 0.0943. The van der Waals surface area contributed by atoms with Crippen LogP contribution in [0.5, 0.6) is 23.0 Å². The van der Waals surface area contributed by atoms with Gasteiger partial charge in [0.2, 0.25) is 0 Å². The molecule has 8 aromatic carbocycles. The predicted octanol–water partition coefficient (Wildman–Crippen LogP) is 12.8. The zero-order valence-electron chi connectivity index (χ0n) is 33.7. The monoisotopic (exact) mass is 764 g/mol. The number of benzene rings is 8. The minimum atomic E-state index is -0.210. The molecule has 0 atom stereocenters. The molecule has 2 aliphatic rings. The fourth-order valence-corrected chi connectivity index (χ4v) is 8.91. The Morgan fingerprint density at radius 3 is 1.44 bits per heavy atom. The summed E-state index contributed by atoms with van der Waals surface area (Å²) in [6, 6.07) is 56.2. The summed E-state index contributed by atoms with van der Waals surface area (Å²) >= 11 is 0. The van der Waals surface area contributed by atoms with Gasteiger partial charge in [-0.1, -0.05) is 107 Å². The van der Waals surface area contributed by atoms with Crippen molar-refractivity contribution in [2.24, 2.45) is 0 Å². The van der Waals surface area contributed by atoms with Gasteiger partial charge in [-0.05, 0) is 101 Å². The molecule has 59 heavy (non-hydrogen) atoms. The molecule has 9 aromatic rings. The smallest absolute Gasteiger partial charge is 0.265 e. The molecule has 0 radical (unpaired) electrons. The third-order valence-corrected chi connectivity index (χ3v) is 11.9. The summed E-state index contributed by atoms with van der Waals surface area (Å²) in [6.07, 6.45) is 0. The van der Waals surface area contributed by atoms with Crippen molar-refractivity contribution in [2.75, 3.05) is 9.80 Å². The van der Waals surface area contributed by atoms with Crippen molar-refractivity contribution in [3.05, 3.63) is 186 Å². The van der Waals surface area contributed by atoms with Gasteiger partial charge < -0.3 is 23.7 Å². The Hall–Kier alpha value is -7.18. The van der Waals surface area contributed by atoms with Crippen LogP contribution < -0.4 is 35.7 Å². The van der Waals surface area contributed by atoms with E-state index in [-0.39, 0.29) is 6.71 Å². The number of aryl methyl sites for hydroxylation is 5. The highest BCUT2D eigenvalue weighted by Gasteiger charge is 2.44. The highest BCUT2D eigenvalue weighted by atomic mass is 16.5. The van der Waals surface area contributed by atoms with E-state index in [1.807, 2.05) is 6.07 Å². The van der Waals surface area contributed by atoms with Crippen LogP contribution in [0, 0.1) is 34.6 Å². The van der Waals surface area contributed by atoms with Crippen molar-refractivity contribution in [2.45, 2.75) is 34.6 Å². The summed E-state index contributed by atoms with van der Waals surface area (Å²) in [4.78, 5) is 4.62. The van der Waals surface area contributed by atoms with Crippen LogP contribution in [0.25, 0.3) is 21.9 Å². The maximum Gasteiger partial charge on any atom is 0.265 e. The van der Waals surface area contributed by atoms with E-state index in [2.05, 4.69) is 196 Å². The van der Waals surface area contributed by atoms with E-state index in [9.17, 15) is 0 Å². The molecule has 3 heterocycles. The molecule has 6 heteroatoms. The van der Waals surface area contributed by atoms with Crippen molar-refractivity contribution in [1.29, 1.82) is 0 Å². The molecule has 0 saturated carbocycles. The maximum atomic E-state index is 7.28. The normalized spacial score (nSPS) is 12.4. The molecule has 0 aliphatic carbocycles. The number of hydrogen-bond donors (Lipinski definition) is 0. The van der Waals surface area contributed by atoms with Gasteiger partial charge >= 0.3 is 0 Å². The summed E-state index contributed by atoms with van der Waals surface area (Å²) in [7, 11) is 0.